The number of likely N-dealkylation sites (N-methyl/N-ethyl adjacent to an activating group) is 1. The molecular formula is C8H14FN. The Bertz CT molecular complexity index is 131. The molecule has 10 heavy (non-hydrogen) atoms. The molecule has 0 unspecified atom stereocenters. The molecule has 1 heterocycles. The van der Waals surface area contributed by atoms with Crippen LogP contribution in [0.25, 0.3) is 0 Å². The minimum absolute atomic E-state index is 0.252. The molecule has 58 valence electrons. The molecule has 0 amide bonds. The monoisotopic (exact) mass is 143 g/mol. The van der Waals surface area contributed by atoms with Gasteiger partial charge in [0, 0.05) is 13.1 Å². The van der Waals surface area contributed by atoms with Crippen molar-refractivity contribution in [2.45, 2.75) is 13.3 Å². The maximum atomic E-state index is 12.0. The van der Waals surface area contributed by atoms with Crippen molar-refractivity contribution in [2.75, 3.05) is 26.3 Å². The quantitative estimate of drug-likeness (QED) is 0.531. The molecule has 0 radical (unpaired) electrons. The Balaban J connectivity index is 2.36. The summed E-state index contributed by atoms with van der Waals surface area (Å²) in [6, 6.07) is 0. The molecule has 0 spiro atoms. The molecule has 0 aromatic carbocycles. The van der Waals surface area contributed by atoms with Crippen LogP contribution >= 0.6 is 0 Å². The van der Waals surface area contributed by atoms with Crippen molar-refractivity contribution in [3.8, 4) is 0 Å². The summed E-state index contributed by atoms with van der Waals surface area (Å²) in [5.74, 6) is 0. The molecular weight excluding hydrogens is 129 g/mol. The summed E-state index contributed by atoms with van der Waals surface area (Å²) in [7, 11) is 0. The van der Waals surface area contributed by atoms with E-state index in [9.17, 15) is 4.39 Å². The van der Waals surface area contributed by atoms with Gasteiger partial charge in [0.1, 0.15) is 6.67 Å². The lowest BCUT2D eigenvalue weighted by atomic mass is 10.1. The van der Waals surface area contributed by atoms with Gasteiger partial charge in [0.25, 0.3) is 0 Å². The van der Waals surface area contributed by atoms with Gasteiger partial charge in [-0.1, -0.05) is 13.0 Å². The molecule has 0 aromatic rings. The van der Waals surface area contributed by atoms with Crippen LogP contribution in [0.1, 0.15) is 13.3 Å². The molecule has 0 bridgehead atoms. The molecule has 0 aliphatic carbocycles. The van der Waals surface area contributed by atoms with Gasteiger partial charge in [0.15, 0.2) is 0 Å². The minimum Gasteiger partial charge on any atom is -0.300 e. The first-order valence-corrected chi connectivity index (χ1v) is 3.83. The van der Waals surface area contributed by atoms with Crippen molar-refractivity contribution >= 4 is 0 Å². The molecule has 0 fully saturated rings. The third kappa shape index (κ3) is 1.81. The van der Waals surface area contributed by atoms with Crippen LogP contribution in [-0.2, 0) is 0 Å². The number of nitrogens with zero attached hydrogens (tertiary/aromatic N) is 1. The zero-order valence-electron chi connectivity index (χ0n) is 6.44. The van der Waals surface area contributed by atoms with Crippen molar-refractivity contribution in [1.82, 2.24) is 4.90 Å². The Labute approximate surface area is 61.5 Å². The molecule has 1 rings (SSSR count). The van der Waals surface area contributed by atoms with E-state index in [4.69, 9.17) is 0 Å². The lowest BCUT2D eigenvalue weighted by Gasteiger charge is -2.23. The van der Waals surface area contributed by atoms with Crippen molar-refractivity contribution in [3.05, 3.63) is 11.6 Å². The average Bonchev–Trinajstić information content (AvgIpc) is 2.05. The lowest BCUT2D eigenvalue weighted by molar-refractivity contribution is 0.304. The fraction of sp³-hybridized carbons (Fsp3) is 0.750. The summed E-state index contributed by atoms with van der Waals surface area (Å²) in [6.45, 7) is 4.93. The fourth-order valence-corrected chi connectivity index (χ4v) is 1.16. The van der Waals surface area contributed by atoms with Crippen LogP contribution in [0.5, 0.6) is 0 Å². The Morgan fingerprint density at radius 1 is 1.70 bits per heavy atom. The van der Waals surface area contributed by atoms with E-state index in [0.717, 1.165) is 31.6 Å². The van der Waals surface area contributed by atoms with Crippen LogP contribution in [0.4, 0.5) is 4.39 Å². The van der Waals surface area contributed by atoms with E-state index in [1.54, 1.807) is 0 Å². The Hall–Kier alpha value is -0.370. The normalized spacial score (nSPS) is 20.8. The molecule has 2 heteroatoms. The van der Waals surface area contributed by atoms with Crippen LogP contribution in [-0.4, -0.2) is 31.2 Å². The van der Waals surface area contributed by atoms with Gasteiger partial charge < -0.3 is 0 Å². The maximum Gasteiger partial charge on any atom is 0.111 e. The Kier molecular flexibility index (Phi) is 2.87. The standard InChI is InChI=1S/C8H14FN/c1-2-10-5-3-8(7-9)4-6-10/h3H,2,4-7H2,1H3. The third-order valence-corrected chi connectivity index (χ3v) is 2.01. The highest BCUT2D eigenvalue weighted by Crippen LogP contribution is 2.09. The number of alkyl halides is 1. The highest BCUT2D eigenvalue weighted by atomic mass is 19.1. The SMILES string of the molecule is CCN1CC=C(CF)CC1. The van der Waals surface area contributed by atoms with Crippen molar-refractivity contribution in [2.24, 2.45) is 0 Å². The van der Waals surface area contributed by atoms with E-state index in [1.807, 2.05) is 6.08 Å². The predicted molar refractivity (Wildman–Crippen MR) is 40.8 cm³/mol. The highest BCUT2D eigenvalue weighted by molar-refractivity contribution is 5.07. The second-order valence-electron chi connectivity index (χ2n) is 2.64. The Morgan fingerprint density at radius 2 is 2.50 bits per heavy atom. The summed E-state index contributed by atoms with van der Waals surface area (Å²) in [4.78, 5) is 2.30. The van der Waals surface area contributed by atoms with E-state index in [2.05, 4.69) is 11.8 Å². The fourth-order valence-electron chi connectivity index (χ4n) is 1.16. The smallest absolute Gasteiger partial charge is 0.111 e. The molecule has 1 aliphatic heterocycles. The number of rotatable bonds is 2. The summed E-state index contributed by atoms with van der Waals surface area (Å²) < 4.78 is 12.0. The predicted octanol–water partition coefficient (Wildman–Crippen LogP) is 1.61. The second-order valence-corrected chi connectivity index (χ2v) is 2.64. The number of hydrogen-bond donors (Lipinski definition) is 0. The van der Waals surface area contributed by atoms with Gasteiger partial charge in [0.05, 0.1) is 0 Å². The summed E-state index contributed by atoms with van der Waals surface area (Å²) in [5, 5.41) is 0. The molecule has 0 aromatic heterocycles. The first kappa shape index (κ1) is 7.73. The van der Waals surface area contributed by atoms with E-state index in [-0.39, 0.29) is 6.67 Å². The second kappa shape index (κ2) is 3.71. The lowest BCUT2D eigenvalue weighted by Crippen LogP contribution is -2.28. The molecule has 1 aliphatic rings. The summed E-state index contributed by atoms with van der Waals surface area (Å²) in [5.41, 5.74) is 0.977. The van der Waals surface area contributed by atoms with Crippen molar-refractivity contribution in [3.63, 3.8) is 0 Å². The number of halogens is 1. The average molecular weight is 143 g/mol. The van der Waals surface area contributed by atoms with E-state index in [0.29, 0.717) is 0 Å². The Morgan fingerprint density at radius 3 is 2.90 bits per heavy atom. The molecule has 0 saturated heterocycles. The van der Waals surface area contributed by atoms with Crippen LogP contribution < -0.4 is 0 Å². The van der Waals surface area contributed by atoms with Gasteiger partial charge in [-0.3, -0.25) is 4.90 Å². The van der Waals surface area contributed by atoms with Crippen molar-refractivity contribution in [1.29, 1.82) is 0 Å². The van der Waals surface area contributed by atoms with Crippen LogP contribution in [0.2, 0.25) is 0 Å². The van der Waals surface area contributed by atoms with E-state index in [1.165, 1.54) is 0 Å². The zero-order valence-corrected chi connectivity index (χ0v) is 6.44. The molecule has 1 nitrogen and oxygen atoms in total. The molecule has 0 atom stereocenters. The molecule has 0 saturated carbocycles. The van der Waals surface area contributed by atoms with Gasteiger partial charge in [-0.2, -0.15) is 0 Å². The van der Waals surface area contributed by atoms with Crippen molar-refractivity contribution < 1.29 is 4.39 Å². The van der Waals surface area contributed by atoms with Crippen LogP contribution in [0.15, 0.2) is 11.6 Å². The van der Waals surface area contributed by atoms with Gasteiger partial charge in [-0.05, 0) is 18.5 Å². The van der Waals surface area contributed by atoms with Gasteiger partial charge in [0.2, 0.25) is 0 Å². The van der Waals surface area contributed by atoms with Gasteiger partial charge in [-0.15, -0.1) is 0 Å². The first-order chi connectivity index (χ1) is 4.86. The summed E-state index contributed by atoms with van der Waals surface area (Å²) in [6.07, 6.45) is 2.93. The van der Waals surface area contributed by atoms with Gasteiger partial charge in [-0.25, -0.2) is 4.39 Å². The first-order valence-electron chi connectivity index (χ1n) is 3.83. The van der Waals surface area contributed by atoms with E-state index >= 15 is 0 Å². The summed E-state index contributed by atoms with van der Waals surface area (Å²) >= 11 is 0. The maximum absolute atomic E-state index is 12.0. The minimum atomic E-state index is -0.252. The highest BCUT2D eigenvalue weighted by Gasteiger charge is 2.08. The van der Waals surface area contributed by atoms with Crippen LogP contribution in [0.3, 0.4) is 0 Å². The topological polar surface area (TPSA) is 3.24 Å². The molecule has 0 N–H and O–H groups in total. The van der Waals surface area contributed by atoms with Gasteiger partial charge >= 0.3 is 0 Å². The zero-order chi connectivity index (χ0) is 7.40. The number of hydrogen-bond acceptors (Lipinski definition) is 1. The van der Waals surface area contributed by atoms with E-state index < -0.39 is 0 Å². The third-order valence-electron chi connectivity index (χ3n) is 2.01. The largest absolute Gasteiger partial charge is 0.300 e. The van der Waals surface area contributed by atoms with Crippen LogP contribution in [0, 0.1) is 0 Å².